The first-order valence-corrected chi connectivity index (χ1v) is 7.18. The average Bonchev–Trinajstić information content (AvgIpc) is 2.96. The Morgan fingerprint density at radius 3 is 2.75 bits per heavy atom. The number of hydrogen-bond donors (Lipinski definition) is 1. The molecule has 0 radical (unpaired) electrons. The van der Waals surface area contributed by atoms with Gasteiger partial charge in [0.25, 0.3) is 0 Å². The Kier molecular flexibility index (Phi) is 4.24. The molecule has 1 N–H and O–H groups in total. The molecule has 0 aliphatic heterocycles. The fourth-order valence-electron chi connectivity index (χ4n) is 2.37. The Hall–Kier alpha value is -3.22. The highest BCUT2D eigenvalue weighted by atomic mass is 19.1. The number of esters is 1. The van der Waals surface area contributed by atoms with E-state index in [2.05, 4.69) is 15.4 Å². The highest BCUT2D eigenvalue weighted by Gasteiger charge is 2.17. The predicted molar refractivity (Wildman–Crippen MR) is 87.5 cm³/mol. The van der Waals surface area contributed by atoms with Gasteiger partial charge < -0.3 is 10.1 Å². The fraction of sp³-hybridized carbons (Fsp3) is 0.118. The van der Waals surface area contributed by atoms with Crippen molar-refractivity contribution < 1.29 is 13.9 Å². The number of anilines is 2. The minimum absolute atomic E-state index is 0.327. The number of carbonyl (C=O) groups excluding carboxylic acids is 1. The molecule has 0 fully saturated rings. The van der Waals surface area contributed by atoms with Crippen LogP contribution in [0.15, 0.2) is 48.9 Å². The predicted octanol–water partition coefficient (Wildman–Crippen LogP) is 3.15. The molecule has 3 aromatic rings. The first-order valence-electron chi connectivity index (χ1n) is 7.18. The number of carbonyl (C=O) groups is 1. The van der Waals surface area contributed by atoms with Crippen molar-refractivity contribution in [3.05, 3.63) is 60.3 Å². The second-order valence-corrected chi connectivity index (χ2v) is 5.05. The topological polar surface area (TPSA) is 69.0 Å². The van der Waals surface area contributed by atoms with Crippen molar-refractivity contribution in [3.63, 3.8) is 0 Å². The van der Waals surface area contributed by atoms with E-state index < -0.39 is 5.97 Å². The molecule has 24 heavy (non-hydrogen) atoms. The smallest absolute Gasteiger partial charge is 0.340 e. The first kappa shape index (κ1) is 15.7. The van der Waals surface area contributed by atoms with Gasteiger partial charge in [0.1, 0.15) is 11.6 Å². The van der Waals surface area contributed by atoms with Crippen molar-refractivity contribution in [2.75, 3.05) is 12.4 Å². The van der Waals surface area contributed by atoms with Crippen LogP contribution in [0.5, 0.6) is 0 Å². The standard InChI is InChI=1S/C17H15FN4O2/c1-22-16(13(9-20-22)11-5-3-4-6-14(11)18)21-15-10-19-8-7-12(15)17(23)24-2/h3-10,21H,1-2H3. The maximum absolute atomic E-state index is 14.1. The monoisotopic (exact) mass is 326 g/mol. The van der Waals surface area contributed by atoms with Gasteiger partial charge in [0.15, 0.2) is 0 Å². The number of halogens is 1. The second-order valence-electron chi connectivity index (χ2n) is 5.05. The van der Waals surface area contributed by atoms with E-state index in [1.54, 1.807) is 42.2 Å². The second kappa shape index (κ2) is 6.49. The van der Waals surface area contributed by atoms with Gasteiger partial charge in [0.2, 0.25) is 0 Å². The normalized spacial score (nSPS) is 10.5. The van der Waals surface area contributed by atoms with Crippen LogP contribution in [-0.4, -0.2) is 27.8 Å². The molecule has 0 saturated carbocycles. The highest BCUT2D eigenvalue weighted by Crippen LogP contribution is 2.32. The van der Waals surface area contributed by atoms with Crippen molar-refractivity contribution >= 4 is 17.5 Å². The zero-order chi connectivity index (χ0) is 17.1. The van der Waals surface area contributed by atoms with Crippen LogP contribution >= 0.6 is 0 Å². The van der Waals surface area contributed by atoms with E-state index in [9.17, 15) is 9.18 Å². The van der Waals surface area contributed by atoms with Crippen LogP contribution in [-0.2, 0) is 11.8 Å². The third-order valence-electron chi connectivity index (χ3n) is 3.58. The lowest BCUT2D eigenvalue weighted by Crippen LogP contribution is -2.08. The van der Waals surface area contributed by atoms with Crippen LogP contribution in [0.1, 0.15) is 10.4 Å². The Balaban J connectivity index is 2.06. The number of aromatic nitrogens is 3. The number of ether oxygens (including phenoxy) is 1. The van der Waals surface area contributed by atoms with Crippen molar-refractivity contribution in [1.82, 2.24) is 14.8 Å². The molecule has 7 heteroatoms. The molecular weight excluding hydrogens is 311 g/mol. The summed E-state index contributed by atoms with van der Waals surface area (Å²) < 4.78 is 20.5. The van der Waals surface area contributed by atoms with Crippen LogP contribution in [0, 0.1) is 5.82 Å². The quantitative estimate of drug-likeness (QED) is 0.746. The molecule has 0 atom stereocenters. The number of hydrogen-bond acceptors (Lipinski definition) is 5. The highest BCUT2D eigenvalue weighted by molar-refractivity contribution is 5.96. The lowest BCUT2D eigenvalue weighted by Gasteiger charge is -2.12. The summed E-state index contributed by atoms with van der Waals surface area (Å²) >= 11 is 0. The zero-order valence-electron chi connectivity index (χ0n) is 13.2. The molecule has 3 rings (SSSR count). The van der Waals surface area contributed by atoms with Crippen molar-refractivity contribution in [2.24, 2.45) is 7.05 Å². The molecule has 0 spiro atoms. The van der Waals surface area contributed by atoms with Crippen LogP contribution in [0.2, 0.25) is 0 Å². The maximum Gasteiger partial charge on any atom is 0.340 e. The summed E-state index contributed by atoms with van der Waals surface area (Å²) in [7, 11) is 3.03. The largest absolute Gasteiger partial charge is 0.465 e. The molecule has 122 valence electrons. The molecule has 1 aromatic carbocycles. The minimum atomic E-state index is -0.491. The summed E-state index contributed by atoms with van der Waals surface area (Å²) in [5, 5.41) is 7.28. The number of aryl methyl sites for hydroxylation is 1. The van der Waals surface area contributed by atoms with Gasteiger partial charge in [-0.2, -0.15) is 5.10 Å². The number of rotatable bonds is 4. The molecule has 0 unspecified atom stereocenters. The van der Waals surface area contributed by atoms with E-state index in [-0.39, 0.29) is 5.82 Å². The lowest BCUT2D eigenvalue weighted by atomic mass is 10.1. The Bertz CT molecular complexity index is 892. The van der Waals surface area contributed by atoms with E-state index >= 15 is 0 Å². The van der Waals surface area contributed by atoms with Gasteiger partial charge in [-0.3, -0.25) is 9.67 Å². The Labute approximate surface area is 137 Å². The number of benzene rings is 1. The summed E-state index contributed by atoms with van der Waals surface area (Å²) in [6.07, 6.45) is 4.57. The molecule has 6 nitrogen and oxygen atoms in total. The molecule has 0 bridgehead atoms. The average molecular weight is 326 g/mol. The van der Waals surface area contributed by atoms with Gasteiger partial charge in [-0.25, -0.2) is 9.18 Å². The van der Waals surface area contributed by atoms with E-state index in [1.165, 1.54) is 25.6 Å². The summed E-state index contributed by atoms with van der Waals surface area (Å²) in [4.78, 5) is 15.9. The van der Waals surface area contributed by atoms with Gasteiger partial charge >= 0.3 is 5.97 Å². The van der Waals surface area contributed by atoms with Crippen LogP contribution < -0.4 is 5.32 Å². The maximum atomic E-state index is 14.1. The molecule has 0 aliphatic rings. The summed E-state index contributed by atoms with van der Waals surface area (Å²) in [5.74, 6) is -0.305. The third kappa shape index (κ3) is 2.83. The van der Waals surface area contributed by atoms with E-state index in [0.29, 0.717) is 28.2 Å². The molecule has 2 aromatic heterocycles. The molecule has 0 saturated heterocycles. The van der Waals surface area contributed by atoms with Crippen molar-refractivity contribution in [2.45, 2.75) is 0 Å². The van der Waals surface area contributed by atoms with Gasteiger partial charge in [0, 0.05) is 24.4 Å². The first-order chi connectivity index (χ1) is 11.6. The molecule has 0 aliphatic carbocycles. The van der Waals surface area contributed by atoms with Crippen LogP contribution in [0.4, 0.5) is 15.9 Å². The van der Waals surface area contributed by atoms with Gasteiger partial charge in [-0.1, -0.05) is 18.2 Å². The summed E-state index contributed by atoms with van der Waals surface area (Å²) in [5.41, 5.74) is 1.77. The number of nitrogens with zero attached hydrogens (tertiary/aromatic N) is 3. The molecule has 0 amide bonds. The minimum Gasteiger partial charge on any atom is -0.465 e. The van der Waals surface area contributed by atoms with E-state index in [4.69, 9.17) is 4.74 Å². The number of pyridine rings is 1. The molecule has 2 heterocycles. The van der Waals surface area contributed by atoms with Crippen molar-refractivity contribution in [3.8, 4) is 11.1 Å². The third-order valence-corrected chi connectivity index (χ3v) is 3.58. The van der Waals surface area contributed by atoms with E-state index in [0.717, 1.165) is 0 Å². The number of methoxy groups -OCH3 is 1. The number of nitrogens with one attached hydrogen (secondary N) is 1. The van der Waals surface area contributed by atoms with Crippen molar-refractivity contribution in [1.29, 1.82) is 0 Å². The Morgan fingerprint density at radius 1 is 1.21 bits per heavy atom. The molecular formula is C17H15FN4O2. The van der Waals surface area contributed by atoms with E-state index in [1.807, 2.05) is 0 Å². The summed E-state index contributed by atoms with van der Waals surface area (Å²) in [6, 6.07) is 7.98. The lowest BCUT2D eigenvalue weighted by molar-refractivity contribution is 0.0602. The summed E-state index contributed by atoms with van der Waals surface area (Å²) in [6.45, 7) is 0. The van der Waals surface area contributed by atoms with Gasteiger partial charge in [-0.05, 0) is 12.1 Å². The zero-order valence-corrected chi connectivity index (χ0v) is 13.2. The Morgan fingerprint density at radius 2 is 2.00 bits per heavy atom. The fourth-order valence-corrected chi connectivity index (χ4v) is 2.37. The van der Waals surface area contributed by atoms with Crippen LogP contribution in [0.3, 0.4) is 0 Å². The van der Waals surface area contributed by atoms with Gasteiger partial charge in [0.05, 0.1) is 30.8 Å². The van der Waals surface area contributed by atoms with Crippen LogP contribution in [0.25, 0.3) is 11.1 Å². The van der Waals surface area contributed by atoms with Gasteiger partial charge in [-0.15, -0.1) is 0 Å². The SMILES string of the molecule is COC(=O)c1ccncc1Nc1c(-c2ccccc2F)cnn1C.